The fraction of sp³-hybridized carbons (Fsp3) is 0.357. The zero-order valence-electron chi connectivity index (χ0n) is 11.7. The molecule has 1 atom stereocenters. The lowest BCUT2D eigenvalue weighted by molar-refractivity contribution is 0.401. The van der Waals surface area contributed by atoms with E-state index in [1.54, 1.807) is 24.1 Å². The molecule has 2 aromatic rings. The van der Waals surface area contributed by atoms with E-state index in [9.17, 15) is 4.39 Å². The minimum absolute atomic E-state index is 0.176. The van der Waals surface area contributed by atoms with Crippen LogP contribution in [-0.2, 0) is 7.05 Å². The Balaban J connectivity index is 2.49. The first-order chi connectivity index (χ1) is 9.58. The summed E-state index contributed by atoms with van der Waals surface area (Å²) in [6.45, 7) is 2.75. The molecule has 0 saturated carbocycles. The van der Waals surface area contributed by atoms with Gasteiger partial charge in [-0.05, 0) is 40.2 Å². The molecule has 0 amide bonds. The highest BCUT2D eigenvalue weighted by molar-refractivity contribution is 9.10. The van der Waals surface area contributed by atoms with E-state index in [0.717, 1.165) is 17.8 Å². The van der Waals surface area contributed by atoms with E-state index in [1.165, 1.54) is 6.07 Å². The predicted molar refractivity (Wildman–Crippen MR) is 79.4 cm³/mol. The monoisotopic (exact) mass is 341 g/mol. The van der Waals surface area contributed by atoms with Crippen molar-refractivity contribution < 1.29 is 9.13 Å². The van der Waals surface area contributed by atoms with Crippen molar-refractivity contribution in [1.82, 2.24) is 15.1 Å². The number of benzene rings is 1. The van der Waals surface area contributed by atoms with Gasteiger partial charge in [0.25, 0.3) is 0 Å². The Morgan fingerprint density at radius 3 is 2.85 bits per heavy atom. The van der Waals surface area contributed by atoms with Crippen LogP contribution in [0.5, 0.6) is 5.75 Å². The number of hydrogen-bond acceptors (Lipinski definition) is 3. The summed E-state index contributed by atoms with van der Waals surface area (Å²) in [4.78, 5) is 0. The maximum atomic E-state index is 13.8. The minimum atomic E-state index is -0.286. The van der Waals surface area contributed by atoms with Gasteiger partial charge in [0, 0.05) is 7.05 Å². The van der Waals surface area contributed by atoms with Gasteiger partial charge in [-0.25, -0.2) is 4.39 Å². The van der Waals surface area contributed by atoms with Crippen molar-refractivity contribution in [2.75, 3.05) is 13.7 Å². The molecule has 0 aliphatic heterocycles. The summed E-state index contributed by atoms with van der Waals surface area (Å²) in [5.41, 5.74) is 1.70. The number of aryl methyl sites for hydroxylation is 1. The van der Waals surface area contributed by atoms with Crippen molar-refractivity contribution in [3.63, 3.8) is 0 Å². The fourth-order valence-electron chi connectivity index (χ4n) is 2.18. The second kappa shape index (κ2) is 6.37. The van der Waals surface area contributed by atoms with Crippen LogP contribution in [-0.4, -0.2) is 23.4 Å². The predicted octanol–water partition coefficient (Wildman–Crippen LogP) is 3.03. The molecule has 0 saturated heterocycles. The molecule has 6 heteroatoms. The van der Waals surface area contributed by atoms with Crippen LogP contribution in [0.15, 0.2) is 28.9 Å². The summed E-state index contributed by atoms with van der Waals surface area (Å²) in [5, 5.41) is 7.55. The second-order valence-corrected chi connectivity index (χ2v) is 5.24. The molecule has 1 aromatic carbocycles. The van der Waals surface area contributed by atoms with Crippen LogP contribution in [0.1, 0.15) is 24.2 Å². The topological polar surface area (TPSA) is 39.1 Å². The molecule has 0 fully saturated rings. The Morgan fingerprint density at radius 2 is 2.25 bits per heavy atom. The highest BCUT2D eigenvalue weighted by Crippen LogP contribution is 2.31. The molecule has 0 aliphatic carbocycles. The Morgan fingerprint density at radius 1 is 1.50 bits per heavy atom. The number of aromatic nitrogens is 2. The summed E-state index contributed by atoms with van der Waals surface area (Å²) in [6, 6.07) is 4.93. The van der Waals surface area contributed by atoms with E-state index >= 15 is 0 Å². The number of nitrogens with one attached hydrogen (secondary N) is 1. The fourth-order valence-corrected chi connectivity index (χ4v) is 2.43. The van der Waals surface area contributed by atoms with Crippen LogP contribution >= 0.6 is 15.9 Å². The normalized spacial score (nSPS) is 12.4. The van der Waals surface area contributed by atoms with E-state index in [4.69, 9.17) is 4.74 Å². The van der Waals surface area contributed by atoms with Gasteiger partial charge in [0.1, 0.15) is 11.5 Å². The quantitative estimate of drug-likeness (QED) is 0.908. The van der Waals surface area contributed by atoms with E-state index in [0.29, 0.717) is 10.2 Å². The largest absolute Gasteiger partial charge is 0.493 e. The molecular formula is C14H17BrFN3O. The third-order valence-corrected chi connectivity index (χ3v) is 3.77. The van der Waals surface area contributed by atoms with Gasteiger partial charge in [0.05, 0.1) is 23.8 Å². The maximum absolute atomic E-state index is 13.8. The lowest BCUT2D eigenvalue weighted by atomic mass is 10.0. The first-order valence-corrected chi connectivity index (χ1v) is 7.12. The van der Waals surface area contributed by atoms with Crippen molar-refractivity contribution >= 4 is 15.9 Å². The Labute approximate surface area is 126 Å². The smallest absolute Gasteiger partial charge is 0.161 e. The second-order valence-electron chi connectivity index (χ2n) is 4.39. The van der Waals surface area contributed by atoms with Crippen molar-refractivity contribution in [1.29, 1.82) is 0 Å². The van der Waals surface area contributed by atoms with Crippen LogP contribution in [0, 0.1) is 5.82 Å². The molecule has 1 heterocycles. The Kier molecular flexibility index (Phi) is 4.77. The number of ether oxygens (including phenoxy) is 1. The molecule has 2 rings (SSSR count). The summed E-state index contributed by atoms with van der Waals surface area (Å²) in [7, 11) is 3.45. The zero-order chi connectivity index (χ0) is 14.7. The van der Waals surface area contributed by atoms with Crippen molar-refractivity contribution in [3.8, 4) is 5.75 Å². The van der Waals surface area contributed by atoms with Crippen LogP contribution < -0.4 is 10.1 Å². The number of halogens is 2. The third kappa shape index (κ3) is 2.86. The third-order valence-electron chi connectivity index (χ3n) is 3.13. The Hall–Kier alpha value is -1.40. The highest BCUT2D eigenvalue weighted by Gasteiger charge is 2.22. The first kappa shape index (κ1) is 15.0. The van der Waals surface area contributed by atoms with Crippen molar-refractivity contribution in [2.45, 2.75) is 13.0 Å². The van der Waals surface area contributed by atoms with Crippen LogP contribution in [0.2, 0.25) is 0 Å². The zero-order valence-corrected chi connectivity index (χ0v) is 13.2. The van der Waals surface area contributed by atoms with Crippen LogP contribution in [0.25, 0.3) is 0 Å². The average molecular weight is 342 g/mol. The average Bonchev–Trinajstić information content (AvgIpc) is 2.80. The van der Waals surface area contributed by atoms with E-state index in [-0.39, 0.29) is 11.9 Å². The Bertz CT molecular complexity index is 600. The van der Waals surface area contributed by atoms with Gasteiger partial charge in [-0.2, -0.15) is 5.10 Å². The van der Waals surface area contributed by atoms with Gasteiger partial charge in [-0.3, -0.25) is 4.68 Å². The van der Waals surface area contributed by atoms with Crippen LogP contribution in [0.4, 0.5) is 4.39 Å². The van der Waals surface area contributed by atoms with E-state index in [2.05, 4.69) is 26.3 Å². The highest BCUT2D eigenvalue weighted by atomic mass is 79.9. The number of hydrogen-bond donors (Lipinski definition) is 1. The molecule has 1 unspecified atom stereocenters. The number of nitrogens with zero attached hydrogens (tertiary/aromatic N) is 2. The molecule has 0 spiro atoms. The van der Waals surface area contributed by atoms with Crippen molar-refractivity contribution in [3.05, 3.63) is 45.9 Å². The molecule has 0 bridgehead atoms. The molecule has 1 aromatic heterocycles. The first-order valence-electron chi connectivity index (χ1n) is 6.32. The number of methoxy groups -OCH3 is 1. The molecule has 4 nitrogen and oxygen atoms in total. The number of rotatable bonds is 5. The molecule has 0 aliphatic rings. The van der Waals surface area contributed by atoms with E-state index in [1.807, 2.05) is 20.0 Å². The lowest BCUT2D eigenvalue weighted by Gasteiger charge is -2.20. The lowest BCUT2D eigenvalue weighted by Crippen LogP contribution is -2.25. The SMILES string of the molecule is CCNC(c1ccc(Br)c(F)c1)c1c(OC)cnn1C. The maximum Gasteiger partial charge on any atom is 0.161 e. The molecule has 0 radical (unpaired) electrons. The van der Waals surface area contributed by atoms with E-state index < -0.39 is 0 Å². The molecular weight excluding hydrogens is 325 g/mol. The van der Waals surface area contributed by atoms with Gasteiger partial charge in [0.2, 0.25) is 0 Å². The van der Waals surface area contributed by atoms with Gasteiger partial charge in [-0.15, -0.1) is 0 Å². The van der Waals surface area contributed by atoms with Gasteiger partial charge < -0.3 is 10.1 Å². The van der Waals surface area contributed by atoms with Gasteiger partial charge >= 0.3 is 0 Å². The summed E-state index contributed by atoms with van der Waals surface area (Å²) < 4.78 is 21.3. The molecule has 1 N–H and O–H groups in total. The molecule has 108 valence electrons. The summed E-state index contributed by atoms with van der Waals surface area (Å²) >= 11 is 3.17. The summed E-state index contributed by atoms with van der Waals surface area (Å²) in [6.07, 6.45) is 1.66. The molecule has 20 heavy (non-hydrogen) atoms. The van der Waals surface area contributed by atoms with Gasteiger partial charge in [0.15, 0.2) is 5.75 Å². The van der Waals surface area contributed by atoms with Crippen LogP contribution in [0.3, 0.4) is 0 Å². The standard InChI is InChI=1S/C14H17BrFN3O/c1-4-17-13(9-5-6-10(15)11(16)7-9)14-12(20-3)8-18-19(14)2/h5-8,13,17H,4H2,1-3H3. The minimum Gasteiger partial charge on any atom is -0.493 e. The van der Waals surface area contributed by atoms with Crippen molar-refractivity contribution in [2.24, 2.45) is 7.05 Å². The summed E-state index contributed by atoms with van der Waals surface area (Å²) in [5.74, 6) is 0.397. The van der Waals surface area contributed by atoms with Gasteiger partial charge in [-0.1, -0.05) is 13.0 Å².